The largest absolute Gasteiger partial charge is 0.456 e. The zero-order valence-electron chi connectivity index (χ0n) is 21.3. The molecule has 1 aromatic heterocycles. The molecule has 6 nitrogen and oxygen atoms in total. The fourth-order valence-corrected chi connectivity index (χ4v) is 4.00. The number of benzene rings is 2. The molecule has 0 radical (unpaired) electrons. The van der Waals surface area contributed by atoms with E-state index in [-0.39, 0.29) is 0 Å². The highest BCUT2D eigenvalue weighted by molar-refractivity contribution is 5.97. The van der Waals surface area contributed by atoms with Crippen molar-refractivity contribution in [1.82, 2.24) is 9.55 Å². The first-order valence-electron chi connectivity index (χ1n) is 12.3. The molecule has 1 N–H and O–H groups in total. The maximum atomic E-state index is 13.2. The van der Waals surface area contributed by atoms with Crippen molar-refractivity contribution in [2.45, 2.75) is 78.6 Å². The van der Waals surface area contributed by atoms with E-state index < -0.39 is 17.7 Å². The molecule has 3 aromatic rings. The number of nitrogens with zero attached hydrogens (tertiary/aromatic N) is 3. The second-order valence-corrected chi connectivity index (χ2v) is 9.74. The lowest BCUT2D eigenvalue weighted by Gasteiger charge is -2.21. The van der Waals surface area contributed by atoms with Crippen molar-refractivity contribution in [2.24, 2.45) is 0 Å². The Kier molecular flexibility index (Phi) is 8.48. The molecule has 1 unspecified atom stereocenters. The van der Waals surface area contributed by atoms with Crippen LogP contribution in [0.3, 0.4) is 0 Å². The van der Waals surface area contributed by atoms with Gasteiger partial charge in [0.05, 0.1) is 18.2 Å². The predicted molar refractivity (Wildman–Crippen MR) is 137 cm³/mol. The number of carbonyl (C=O) groups excluding carboxylic acids is 1. The number of aliphatic hydroxyl groups excluding tert-OH is 1. The van der Waals surface area contributed by atoms with Crippen LogP contribution in [0, 0.1) is 11.3 Å². The summed E-state index contributed by atoms with van der Waals surface area (Å²) >= 11 is 0. The summed E-state index contributed by atoms with van der Waals surface area (Å²) in [7, 11) is 0. The number of aryl methyl sites for hydroxylation is 1. The van der Waals surface area contributed by atoms with Crippen LogP contribution in [0.1, 0.15) is 93.1 Å². The maximum absolute atomic E-state index is 13.2. The summed E-state index contributed by atoms with van der Waals surface area (Å²) in [6, 6.07) is 17.7. The highest BCUT2D eigenvalue weighted by Crippen LogP contribution is 2.29. The van der Waals surface area contributed by atoms with Crippen molar-refractivity contribution in [1.29, 1.82) is 5.26 Å². The lowest BCUT2D eigenvalue weighted by atomic mass is 9.97. The summed E-state index contributed by atoms with van der Waals surface area (Å²) in [6.45, 7) is 9.89. The van der Waals surface area contributed by atoms with E-state index in [1.165, 1.54) is 0 Å². The van der Waals surface area contributed by atoms with Gasteiger partial charge in [-0.2, -0.15) is 5.26 Å². The number of rotatable bonds is 9. The van der Waals surface area contributed by atoms with Crippen LogP contribution < -0.4 is 0 Å². The number of aliphatic hydroxyl groups is 1. The van der Waals surface area contributed by atoms with Gasteiger partial charge in [-0.3, -0.25) is 0 Å². The van der Waals surface area contributed by atoms with Crippen LogP contribution in [0.2, 0.25) is 0 Å². The predicted octanol–water partition coefficient (Wildman–Crippen LogP) is 6.21. The summed E-state index contributed by atoms with van der Waals surface area (Å²) in [5.74, 6) is 0.384. The van der Waals surface area contributed by atoms with Crippen LogP contribution in [0.4, 0.5) is 0 Å². The van der Waals surface area contributed by atoms with Crippen molar-refractivity contribution in [2.75, 3.05) is 0 Å². The van der Waals surface area contributed by atoms with Gasteiger partial charge in [0.1, 0.15) is 28.9 Å². The van der Waals surface area contributed by atoms with Crippen molar-refractivity contribution in [3.05, 3.63) is 76.9 Å². The highest BCUT2D eigenvalue weighted by atomic mass is 16.6. The van der Waals surface area contributed by atoms with Crippen LogP contribution in [0.15, 0.2) is 48.5 Å². The Hall–Kier alpha value is -3.43. The van der Waals surface area contributed by atoms with E-state index in [0.717, 1.165) is 35.4 Å². The van der Waals surface area contributed by atoms with E-state index >= 15 is 0 Å². The smallest absolute Gasteiger partial charge is 0.339 e. The Morgan fingerprint density at radius 1 is 1.17 bits per heavy atom. The topological polar surface area (TPSA) is 88.1 Å². The minimum absolute atomic E-state index is 0.371. The van der Waals surface area contributed by atoms with Crippen molar-refractivity contribution in [3.8, 4) is 17.2 Å². The first-order chi connectivity index (χ1) is 16.7. The highest BCUT2D eigenvalue weighted by Gasteiger charge is 2.24. The number of nitriles is 1. The average molecular weight is 474 g/mol. The maximum Gasteiger partial charge on any atom is 0.339 e. The minimum Gasteiger partial charge on any atom is -0.456 e. The number of carbonyl (C=O) groups is 1. The molecule has 0 bridgehead atoms. The molecule has 2 aromatic carbocycles. The Balaban J connectivity index is 2.09. The molecule has 0 spiro atoms. The number of esters is 1. The van der Waals surface area contributed by atoms with E-state index in [1.807, 2.05) is 80.8 Å². The molecule has 184 valence electrons. The molecule has 0 saturated carbocycles. The Labute approximate surface area is 208 Å². The zero-order chi connectivity index (χ0) is 25.6. The molecule has 0 saturated heterocycles. The second kappa shape index (κ2) is 11.3. The molecule has 1 heterocycles. The van der Waals surface area contributed by atoms with Crippen LogP contribution >= 0.6 is 0 Å². The van der Waals surface area contributed by atoms with Gasteiger partial charge in [-0.05, 0) is 56.4 Å². The third-order valence-corrected chi connectivity index (χ3v) is 5.76. The molecule has 0 aliphatic heterocycles. The van der Waals surface area contributed by atoms with Crippen molar-refractivity contribution in [3.63, 3.8) is 0 Å². The lowest BCUT2D eigenvalue weighted by Crippen LogP contribution is -2.24. The van der Waals surface area contributed by atoms with Crippen LogP contribution in [0.5, 0.6) is 0 Å². The first-order valence-corrected chi connectivity index (χ1v) is 12.3. The lowest BCUT2D eigenvalue weighted by molar-refractivity contribution is 0.00703. The zero-order valence-corrected chi connectivity index (χ0v) is 21.3. The van der Waals surface area contributed by atoms with Gasteiger partial charge < -0.3 is 14.4 Å². The molecule has 6 heteroatoms. The minimum atomic E-state index is -0.788. The number of ether oxygens (including phenoxy) is 1. The van der Waals surface area contributed by atoms with E-state index in [2.05, 4.69) is 18.0 Å². The Bertz CT molecular complexity index is 1200. The van der Waals surface area contributed by atoms with E-state index in [1.54, 1.807) is 0 Å². The number of hydrogen-bond acceptors (Lipinski definition) is 5. The molecule has 0 aliphatic carbocycles. The van der Waals surface area contributed by atoms with Gasteiger partial charge >= 0.3 is 5.97 Å². The molecule has 0 fully saturated rings. The monoisotopic (exact) mass is 473 g/mol. The summed E-state index contributed by atoms with van der Waals surface area (Å²) in [5, 5.41) is 20.4. The third-order valence-electron chi connectivity index (χ3n) is 5.76. The summed E-state index contributed by atoms with van der Waals surface area (Å²) in [6.07, 6.45) is 2.33. The molecule has 0 aliphatic rings. The van der Waals surface area contributed by atoms with E-state index in [9.17, 15) is 15.2 Å². The normalized spacial score (nSPS) is 12.3. The van der Waals surface area contributed by atoms with Crippen molar-refractivity contribution < 1.29 is 14.6 Å². The van der Waals surface area contributed by atoms with E-state index in [0.29, 0.717) is 36.3 Å². The van der Waals surface area contributed by atoms with Gasteiger partial charge in [0.25, 0.3) is 0 Å². The molecule has 0 amide bonds. The summed E-state index contributed by atoms with van der Waals surface area (Å²) in [5.41, 5.74) is 3.23. The number of aromatic nitrogens is 2. The van der Waals surface area contributed by atoms with Gasteiger partial charge in [0.2, 0.25) is 0 Å². The average Bonchev–Trinajstić information content (AvgIpc) is 3.18. The second-order valence-electron chi connectivity index (χ2n) is 9.74. The van der Waals surface area contributed by atoms with Crippen LogP contribution in [-0.2, 0) is 17.7 Å². The van der Waals surface area contributed by atoms with Crippen molar-refractivity contribution >= 4 is 5.97 Å². The third kappa shape index (κ3) is 6.37. The van der Waals surface area contributed by atoms with Gasteiger partial charge in [0.15, 0.2) is 0 Å². The van der Waals surface area contributed by atoms with Crippen LogP contribution in [-0.4, -0.2) is 26.2 Å². The van der Waals surface area contributed by atoms with Crippen LogP contribution in [0.25, 0.3) is 11.1 Å². The fourth-order valence-electron chi connectivity index (χ4n) is 4.00. The fraction of sp³-hybridized carbons (Fsp3) is 0.414. The first kappa shape index (κ1) is 26.2. The molecule has 3 rings (SSSR count). The summed E-state index contributed by atoms with van der Waals surface area (Å²) in [4.78, 5) is 17.9. The van der Waals surface area contributed by atoms with Gasteiger partial charge in [-0.1, -0.05) is 62.7 Å². The molecule has 35 heavy (non-hydrogen) atoms. The Morgan fingerprint density at radius 2 is 1.89 bits per heavy atom. The van der Waals surface area contributed by atoms with Gasteiger partial charge in [-0.25, -0.2) is 9.78 Å². The number of unbranched alkanes of at least 4 members (excludes halogenated alkanes) is 1. The van der Waals surface area contributed by atoms with E-state index in [4.69, 9.17) is 4.74 Å². The van der Waals surface area contributed by atoms with Gasteiger partial charge in [-0.15, -0.1) is 0 Å². The van der Waals surface area contributed by atoms with Gasteiger partial charge in [0, 0.05) is 6.42 Å². The number of hydrogen-bond donors (Lipinski definition) is 1. The molecular formula is C29H35N3O3. The quantitative estimate of drug-likeness (QED) is 0.373. The molecular weight excluding hydrogens is 438 g/mol. The number of imidazole rings is 1. The molecule has 1 atom stereocenters. The SMILES string of the molecule is CCCCc1nc(C(O)CC)c(C#N)n1Cc1ccc(-c2ccccc2)c(C(=O)OC(C)(C)C)c1. The Morgan fingerprint density at radius 3 is 2.49 bits per heavy atom. The summed E-state index contributed by atoms with van der Waals surface area (Å²) < 4.78 is 7.59. The standard InChI is InChI=1S/C29H35N3O3/c1-6-8-14-26-31-27(25(33)7-2)24(18-30)32(26)19-20-15-16-22(21-12-10-9-11-13-21)23(17-20)28(34)35-29(3,4)5/h9-13,15-17,25,33H,6-8,14,19H2,1-5H3.